The van der Waals surface area contributed by atoms with Gasteiger partial charge in [0.1, 0.15) is 23.8 Å². The lowest BCUT2D eigenvalue weighted by molar-refractivity contribution is -0.384. The Bertz CT molecular complexity index is 1570. The van der Waals surface area contributed by atoms with Crippen molar-refractivity contribution in [3.8, 4) is 0 Å². The minimum Gasteiger partial charge on any atom is -0.456 e. The summed E-state index contributed by atoms with van der Waals surface area (Å²) in [7, 11) is 0. The van der Waals surface area contributed by atoms with Crippen molar-refractivity contribution in [1.82, 2.24) is 14.3 Å². The van der Waals surface area contributed by atoms with Crippen LogP contribution in [0.3, 0.4) is 0 Å². The fourth-order valence-electron chi connectivity index (χ4n) is 5.31. The summed E-state index contributed by atoms with van der Waals surface area (Å²) in [6.07, 6.45) is 1.46. The molecule has 3 aromatic rings. The summed E-state index contributed by atoms with van der Waals surface area (Å²) in [5.41, 5.74) is 7.31. The van der Waals surface area contributed by atoms with E-state index in [0.717, 1.165) is 5.69 Å². The Morgan fingerprint density at radius 3 is 2.66 bits per heavy atom. The zero-order valence-corrected chi connectivity index (χ0v) is 23.0. The lowest BCUT2D eigenvalue weighted by Crippen LogP contribution is -2.63. The second-order valence-corrected chi connectivity index (χ2v) is 11.1. The third-order valence-electron chi connectivity index (χ3n) is 7.23. The first-order chi connectivity index (χ1) is 19.6. The van der Waals surface area contributed by atoms with Gasteiger partial charge < -0.3 is 20.5 Å². The van der Waals surface area contributed by atoms with Gasteiger partial charge in [-0.3, -0.25) is 24.6 Å². The van der Waals surface area contributed by atoms with Gasteiger partial charge in [-0.15, -0.1) is 11.8 Å². The molecule has 2 aliphatic heterocycles. The number of hydrogen-bond acceptors (Lipinski definition) is 9. The van der Waals surface area contributed by atoms with Gasteiger partial charge in [-0.05, 0) is 36.8 Å². The van der Waals surface area contributed by atoms with Crippen molar-refractivity contribution < 1.29 is 29.2 Å². The number of imidazole rings is 1. The van der Waals surface area contributed by atoms with Gasteiger partial charge in [0.25, 0.3) is 5.69 Å². The maximum absolute atomic E-state index is 13.3. The number of nitrogens with two attached hydrogens (primary N) is 1. The lowest BCUT2D eigenvalue weighted by Gasteiger charge is -2.46. The van der Waals surface area contributed by atoms with Crippen LogP contribution in [0.25, 0.3) is 5.65 Å². The number of anilines is 1. The highest BCUT2D eigenvalue weighted by molar-refractivity contribution is 8.03. The van der Waals surface area contributed by atoms with Gasteiger partial charge in [0, 0.05) is 41.3 Å². The average Bonchev–Trinajstić information content (AvgIpc) is 3.44. The predicted octanol–water partition coefficient (Wildman–Crippen LogP) is 2.82. The number of urea groups is 1. The van der Waals surface area contributed by atoms with Gasteiger partial charge in [-0.2, -0.15) is 0 Å². The number of hydrogen-bond donors (Lipinski definition) is 3. The topological polar surface area (TPSA) is 182 Å². The number of carbonyl (C=O) groups excluding carboxylic acids is 3. The maximum atomic E-state index is 13.3. The third-order valence-corrected chi connectivity index (χ3v) is 8.51. The largest absolute Gasteiger partial charge is 0.456 e. The SMILES string of the molecule is C[C@@H](O)[C@H]1C(=O)N2C(C(=O)OCc3ccc([N+](=O)[O-])cc3)=C(SCCc3cn4c(NC(N)=O)cccc4n3)[C@H](C)[C@H]12. The molecule has 0 unspecified atom stereocenters. The smallest absolute Gasteiger partial charge is 0.356 e. The molecule has 1 saturated heterocycles. The van der Waals surface area contributed by atoms with Crippen molar-refractivity contribution in [2.24, 2.45) is 17.6 Å². The minimum absolute atomic E-state index is 0.0739. The number of ether oxygens (including phenoxy) is 1. The zero-order chi connectivity index (χ0) is 29.4. The van der Waals surface area contributed by atoms with E-state index in [1.807, 2.05) is 6.92 Å². The summed E-state index contributed by atoms with van der Waals surface area (Å²) < 4.78 is 7.26. The second-order valence-electron chi connectivity index (χ2n) is 9.93. The quantitative estimate of drug-likeness (QED) is 0.140. The molecule has 2 aromatic heterocycles. The number of nitrogens with zero attached hydrogens (tertiary/aromatic N) is 4. The number of esters is 1. The Balaban J connectivity index is 1.33. The van der Waals surface area contributed by atoms with Gasteiger partial charge in [-0.1, -0.05) is 13.0 Å². The third kappa shape index (κ3) is 5.35. The maximum Gasteiger partial charge on any atom is 0.356 e. The number of primary amides is 1. The van der Waals surface area contributed by atoms with Crippen LogP contribution in [0.1, 0.15) is 25.1 Å². The van der Waals surface area contributed by atoms with Crippen molar-refractivity contribution in [2.45, 2.75) is 39.0 Å². The molecule has 14 heteroatoms. The Morgan fingerprint density at radius 2 is 2.00 bits per heavy atom. The fourth-order valence-corrected chi connectivity index (χ4v) is 6.56. The minimum atomic E-state index is -0.867. The van der Waals surface area contributed by atoms with Crippen LogP contribution in [0.5, 0.6) is 0 Å². The van der Waals surface area contributed by atoms with E-state index < -0.39 is 28.9 Å². The average molecular weight is 581 g/mol. The Labute approximate surface area is 238 Å². The van der Waals surface area contributed by atoms with Crippen LogP contribution < -0.4 is 11.1 Å². The Kier molecular flexibility index (Phi) is 7.69. The molecule has 4 N–H and O–H groups in total. The highest BCUT2D eigenvalue weighted by Gasteiger charge is 2.60. The van der Waals surface area contributed by atoms with Crippen LogP contribution >= 0.6 is 11.8 Å². The molecule has 5 rings (SSSR count). The number of aliphatic hydroxyl groups excluding tert-OH is 1. The number of aryl methyl sites for hydroxylation is 1. The van der Waals surface area contributed by atoms with Gasteiger partial charge in [0.05, 0.1) is 28.7 Å². The molecule has 0 spiro atoms. The second kappa shape index (κ2) is 11.2. The number of carbonyl (C=O) groups is 3. The highest BCUT2D eigenvalue weighted by atomic mass is 32.2. The molecule has 1 fully saturated rings. The number of nitro benzene ring substituents is 1. The molecule has 13 nitrogen and oxygen atoms in total. The molecule has 0 aliphatic carbocycles. The summed E-state index contributed by atoms with van der Waals surface area (Å²) in [6, 6.07) is 9.89. The van der Waals surface area contributed by atoms with Crippen molar-refractivity contribution in [2.75, 3.05) is 11.1 Å². The molecular weight excluding hydrogens is 552 g/mol. The van der Waals surface area contributed by atoms with Gasteiger partial charge in [0.15, 0.2) is 0 Å². The number of rotatable bonds is 10. The molecule has 214 valence electrons. The number of β-lactam (4-membered cyclic amide) rings is 1. The van der Waals surface area contributed by atoms with E-state index in [4.69, 9.17) is 10.5 Å². The molecule has 4 atom stereocenters. The van der Waals surface area contributed by atoms with Crippen molar-refractivity contribution in [3.63, 3.8) is 0 Å². The fraction of sp³-hybridized carbons (Fsp3) is 0.333. The summed E-state index contributed by atoms with van der Waals surface area (Å²) in [5.74, 6) is -0.799. The zero-order valence-electron chi connectivity index (χ0n) is 22.2. The monoisotopic (exact) mass is 580 g/mol. The molecule has 3 amide bonds. The predicted molar refractivity (Wildman–Crippen MR) is 149 cm³/mol. The number of nitro groups is 1. The molecule has 2 aliphatic rings. The number of aliphatic hydroxyl groups is 1. The number of pyridine rings is 1. The van der Waals surface area contributed by atoms with Crippen molar-refractivity contribution in [1.29, 1.82) is 0 Å². The van der Waals surface area contributed by atoms with Crippen molar-refractivity contribution >= 4 is 46.8 Å². The Hall–Kier alpha value is -4.43. The van der Waals surface area contributed by atoms with Crippen LogP contribution in [0.2, 0.25) is 0 Å². The first kappa shape index (κ1) is 28.1. The van der Waals surface area contributed by atoms with Crippen LogP contribution in [-0.4, -0.2) is 60.1 Å². The summed E-state index contributed by atoms with van der Waals surface area (Å²) in [6.45, 7) is 3.36. The number of non-ortho nitro benzene ring substituents is 1. The number of nitrogens with one attached hydrogen (secondary N) is 1. The normalized spacial score (nSPS) is 20.5. The van der Waals surface area contributed by atoms with Crippen LogP contribution in [-0.2, 0) is 27.4 Å². The molecule has 1 aromatic carbocycles. The first-order valence-corrected chi connectivity index (χ1v) is 13.9. The molecule has 0 bridgehead atoms. The molecule has 4 heterocycles. The number of amides is 3. The number of fused-ring (bicyclic) bond motifs is 2. The number of aromatic nitrogens is 2. The highest BCUT2D eigenvalue weighted by Crippen LogP contribution is 2.50. The van der Waals surface area contributed by atoms with Gasteiger partial charge >= 0.3 is 12.0 Å². The van der Waals surface area contributed by atoms with Crippen LogP contribution in [0, 0.1) is 22.0 Å². The molecule has 41 heavy (non-hydrogen) atoms. The van der Waals surface area contributed by atoms with E-state index in [9.17, 15) is 29.6 Å². The van der Waals surface area contributed by atoms with Gasteiger partial charge in [-0.25, -0.2) is 14.6 Å². The molecule has 0 radical (unpaired) electrons. The standard InChI is InChI=1S/C27H28N6O7S/c1-14-22-21(15(2)34)25(35)32(22)23(26(36)40-13-16-6-8-18(9-7-16)33(38)39)24(14)41-11-10-17-12-31-19(29-17)4-3-5-20(31)30-27(28)37/h3-9,12,14-15,21-22,34H,10-11,13H2,1-2H3,(H3,28,30,37)/t14-,15-,21-,22-/m1/s1. The van der Waals surface area contributed by atoms with Crippen molar-refractivity contribution in [3.05, 3.63) is 80.6 Å². The van der Waals surface area contributed by atoms with E-state index in [1.54, 1.807) is 35.7 Å². The summed E-state index contributed by atoms with van der Waals surface area (Å²) >= 11 is 1.43. The van der Waals surface area contributed by atoms with E-state index in [0.29, 0.717) is 34.1 Å². The molecule has 0 saturated carbocycles. The first-order valence-electron chi connectivity index (χ1n) is 12.9. The van der Waals surface area contributed by atoms with E-state index >= 15 is 0 Å². The van der Waals surface area contributed by atoms with Crippen LogP contribution in [0.4, 0.5) is 16.3 Å². The van der Waals surface area contributed by atoms with E-state index in [-0.39, 0.29) is 35.9 Å². The summed E-state index contributed by atoms with van der Waals surface area (Å²) in [5, 5.41) is 23.7. The number of benzene rings is 1. The van der Waals surface area contributed by atoms with Crippen LogP contribution in [0.15, 0.2) is 59.3 Å². The van der Waals surface area contributed by atoms with E-state index in [1.165, 1.54) is 40.9 Å². The molecular formula is C27H28N6O7S. The van der Waals surface area contributed by atoms with E-state index in [2.05, 4.69) is 10.3 Å². The van der Waals surface area contributed by atoms with Gasteiger partial charge in [0.2, 0.25) is 5.91 Å². The lowest BCUT2D eigenvalue weighted by atomic mass is 9.79. The summed E-state index contributed by atoms with van der Waals surface area (Å²) in [4.78, 5) is 54.7. The number of thioether (sulfide) groups is 1. The Morgan fingerprint density at radius 1 is 1.27 bits per heavy atom.